The van der Waals surface area contributed by atoms with Crippen LogP contribution in [-0.4, -0.2) is 7.11 Å². The number of rotatable bonds is 1. The molecule has 0 atom stereocenters. The molecule has 0 aliphatic carbocycles. The number of benzene rings is 2. The fraction of sp³-hybridized carbons (Fsp3) is 0.0714. The van der Waals surface area contributed by atoms with Crippen molar-refractivity contribution in [3.63, 3.8) is 0 Å². The molecule has 0 spiro atoms. The van der Waals surface area contributed by atoms with E-state index in [4.69, 9.17) is 4.74 Å². The Balaban J connectivity index is 2.18. The maximum absolute atomic E-state index is 5.07. The van der Waals surface area contributed by atoms with Gasteiger partial charge < -0.3 is 4.74 Å². The van der Waals surface area contributed by atoms with Crippen LogP contribution in [0.15, 0.2) is 54.6 Å². The van der Waals surface area contributed by atoms with Gasteiger partial charge in [0, 0.05) is 12.1 Å². The predicted octanol–water partition coefficient (Wildman–Crippen LogP) is 3.71. The monoisotopic (exact) mass is 210 g/mol. The quantitative estimate of drug-likeness (QED) is 0.699. The van der Waals surface area contributed by atoms with Crippen molar-refractivity contribution in [1.82, 2.24) is 0 Å². The first-order chi connectivity index (χ1) is 7.88. The molecule has 0 aromatic heterocycles. The van der Waals surface area contributed by atoms with Crippen LogP contribution in [-0.2, 0) is 0 Å². The normalized spacial score (nSPS) is 9.06. The van der Waals surface area contributed by atoms with Crippen LogP contribution in [0.4, 0.5) is 5.69 Å². The first-order valence-electron chi connectivity index (χ1n) is 5.04. The van der Waals surface area contributed by atoms with E-state index >= 15 is 0 Å². The molecule has 2 heteroatoms. The molecular weight excluding hydrogens is 198 g/mol. The molecular formula is C14H12NO+. The number of ether oxygens (including phenoxy) is 1. The first kappa shape index (κ1) is 10.3. The molecule has 0 N–H and O–H groups in total. The highest BCUT2D eigenvalue weighted by Crippen LogP contribution is 2.17. The average molecular weight is 210 g/mol. The molecule has 0 saturated heterocycles. The van der Waals surface area contributed by atoms with Crippen LogP contribution >= 0.6 is 0 Å². The lowest BCUT2D eigenvalue weighted by molar-refractivity contribution is 0.415. The van der Waals surface area contributed by atoms with Crippen molar-refractivity contribution in [2.45, 2.75) is 0 Å². The molecule has 0 radical (unpaired) electrons. The van der Waals surface area contributed by atoms with E-state index in [1.54, 1.807) is 7.11 Å². The third-order valence-electron chi connectivity index (χ3n) is 2.16. The van der Waals surface area contributed by atoms with Gasteiger partial charge >= 0.3 is 11.8 Å². The standard InChI is InChI=1S/C14H12NO/c1-16-14-9-7-13(8-10-14)15-11-12-5-3-2-4-6-12/h2-10H,1H3/q+1. The van der Waals surface area contributed by atoms with Crippen LogP contribution in [0.5, 0.6) is 5.75 Å². The molecule has 2 rings (SSSR count). The van der Waals surface area contributed by atoms with E-state index in [9.17, 15) is 0 Å². The van der Waals surface area contributed by atoms with E-state index in [0.29, 0.717) is 0 Å². The zero-order valence-electron chi connectivity index (χ0n) is 9.05. The van der Waals surface area contributed by atoms with Gasteiger partial charge in [-0.15, -0.1) is 0 Å². The van der Waals surface area contributed by atoms with Gasteiger partial charge in [-0.2, -0.15) is 0 Å². The molecule has 2 aromatic carbocycles. The summed E-state index contributed by atoms with van der Waals surface area (Å²) in [5.74, 6) is 0.832. The zero-order valence-corrected chi connectivity index (χ0v) is 9.05. The second-order valence-corrected chi connectivity index (χ2v) is 3.29. The maximum atomic E-state index is 5.07. The molecule has 2 nitrogen and oxygen atoms in total. The fourth-order valence-corrected chi connectivity index (χ4v) is 1.30. The summed E-state index contributed by atoms with van der Waals surface area (Å²) in [4.78, 5) is 4.25. The van der Waals surface area contributed by atoms with E-state index in [2.05, 4.69) is 10.9 Å². The Morgan fingerprint density at radius 2 is 1.62 bits per heavy atom. The summed E-state index contributed by atoms with van der Waals surface area (Å²) in [7, 11) is 1.65. The van der Waals surface area contributed by atoms with Gasteiger partial charge in [0.1, 0.15) is 11.3 Å². The Kier molecular flexibility index (Phi) is 3.20. The van der Waals surface area contributed by atoms with Gasteiger partial charge in [-0.25, -0.2) is 0 Å². The zero-order chi connectivity index (χ0) is 11.2. The Hall–Kier alpha value is -2.27. The van der Waals surface area contributed by atoms with Crippen molar-refractivity contribution in [2.24, 2.45) is 0 Å². The van der Waals surface area contributed by atoms with E-state index in [0.717, 1.165) is 17.0 Å². The van der Waals surface area contributed by atoms with E-state index in [1.807, 2.05) is 54.6 Å². The molecule has 0 saturated carbocycles. The molecule has 0 amide bonds. The number of hydrogen-bond donors (Lipinski definition) is 0. The van der Waals surface area contributed by atoms with Gasteiger partial charge in [-0.3, -0.25) is 0 Å². The average Bonchev–Trinajstić information content (AvgIpc) is 2.38. The smallest absolute Gasteiger partial charge is 0.340 e. The molecule has 0 aliphatic rings. The second-order valence-electron chi connectivity index (χ2n) is 3.29. The first-order valence-corrected chi connectivity index (χ1v) is 5.04. The molecule has 2 aromatic rings. The van der Waals surface area contributed by atoms with Crippen LogP contribution in [0.2, 0.25) is 0 Å². The van der Waals surface area contributed by atoms with Crippen LogP contribution in [0.3, 0.4) is 0 Å². The van der Waals surface area contributed by atoms with Gasteiger partial charge in [0.2, 0.25) is 0 Å². The summed E-state index contributed by atoms with van der Waals surface area (Å²) in [6.07, 6.45) is 0. The third-order valence-corrected chi connectivity index (χ3v) is 2.16. The lowest BCUT2D eigenvalue weighted by atomic mass is 10.2. The number of hydrogen-bond acceptors (Lipinski definition) is 1. The fourth-order valence-electron chi connectivity index (χ4n) is 1.30. The second kappa shape index (κ2) is 4.99. The van der Waals surface area contributed by atoms with Gasteiger partial charge in [-0.1, -0.05) is 18.2 Å². The highest BCUT2D eigenvalue weighted by molar-refractivity contribution is 5.50. The van der Waals surface area contributed by atoms with E-state index in [1.165, 1.54) is 0 Å². The van der Waals surface area contributed by atoms with Crippen LogP contribution in [0.25, 0.3) is 4.85 Å². The van der Waals surface area contributed by atoms with Crippen molar-refractivity contribution in [3.8, 4) is 11.8 Å². The van der Waals surface area contributed by atoms with Crippen molar-refractivity contribution in [2.75, 3.05) is 7.11 Å². The van der Waals surface area contributed by atoms with Crippen LogP contribution in [0.1, 0.15) is 5.56 Å². The predicted molar refractivity (Wildman–Crippen MR) is 65.4 cm³/mol. The molecule has 0 fully saturated rings. The summed E-state index contributed by atoms with van der Waals surface area (Å²) in [5, 5.41) is 0. The number of methoxy groups -OCH3 is 1. The van der Waals surface area contributed by atoms with Gasteiger partial charge in [0.15, 0.2) is 0 Å². The SMILES string of the molecule is COc1ccc([N+]#Cc2ccccc2)cc1. The van der Waals surface area contributed by atoms with Crippen molar-refractivity contribution >= 4 is 5.69 Å². The Labute approximate surface area is 94.9 Å². The minimum Gasteiger partial charge on any atom is -0.497 e. The lowest BCUT2D eigenvalue weighted by Crippen LogP contribution is -1.79. The van der Waals surface area contributed by atoms with Gasteiger partial charge in [-0.05, 0) is 29.1 Å². The topological polar surface area (TPSA) is 13.6 Å². The molecule has 0 aliphatic heterocycles. The number of nitrogens with zero attached hydrogens (tertiary/aromatic N) is 1. The lowest BCUT2D eigenvalue weighted by Gasteiger charge is -1.93. The molecule has 78 valence electrons. The summed E-state index contributed by atoms with van der Waals surface area (Å²) in [5.41, 5.74) is 1.84. The molecule has 0 unspecified atom stereocenters. The summed E-state index contributed by atoms with van der Waals surface area (Å²) >= 11 is 0. The summed E-state index contributed by atoms with van der Waals surface area (Å²) < 4.78 is 5.07. The van der Waals surface area contributed by atoms with Crippen molar-refractivity contribution in [1.29, 1.82) is 0 Å². The largest absolute Gasteiger partial charge is 0.497 e. The van der Waals surface area contributed by atoms with Gasteiger partial charge in [0.25, 0.3) is 0 Å². The summed E-state index contributed by atoms with van der Waals surface area (Å²) in [6.45, 7) is 0. The van der Waals surface area contributed by atoms with Crippen LogP contribution in [0, 0.1) is 6.07 Å². The van der Waals surface area contributed by atoms with E-state index in [-0.39, 0.29) is 0 Å². The van der Waals surface area contributed by atoms with Crippen molar-refractivity contribution in [3.05, 3.63) is 65.0 Å². The minimum absolute atomic E-state index is 0.832. The highest BCUT2D eigenvalue weighted by atomic mass is 16.5. The van der Waals surface area contributed by atoms with Crippen molar-refractivity contribution < 1.29 is 4.74 Å². The molecule has 0 heterocycles. The highest BCUT2D eigenvalue weighted by Gasteiger charge is 2.00. The maximum Gasteiger partial charge on any atom is 0.340 e. The third kappa shape index (κ3) is 2.61. The Morgan fingerprint density at radius 3 is 2.25 bits per heavy atom. The minimum atomic E-state index is 0.832. The van der Waals surface area contributed by atoms with Gasteiger partial charge in [0.05, 0.1) is 7.11 Å². The molecule has 0 bridgehead atoms. The van der Waals surface area contributed by atoms with E-state index < -0.39 is 0 Å². The summed E-state index contributed by atoms with van der Waals surface area (Å²) in [6, 6.07) is 20.4. The molecule has 16 heavy (non-hydrogen) atoms. The Bertz CT molecular complexity index is 506. The van der Waals surface area contributed by atoms with Crippen LogP contribution < -0.4 is 4.74 Å². The Morgan fingerprint density at radius 1 is 0.938 bits per heavy atom.